The first kappa shape index (κ1) is 19.3. The van der Waals surface area contributed by atoms with E-state index in [9.17, 15) is 4.79 Å². The number of hydrogen-bond donors (Lipinski definition) is 2. The molecule has 1 aliphatic rings. The third-order valence-electron chi connectivity index (χ3n) is 6.13. The van der Waals surface area contributed by atoms with E-state index in [1.807, 2.05) is 24.3 Å². The van der Waals surface area contributed by atoms with E-state index in [0.29, 0.717) is 23.1 Å². The van der Waals surface area contributed by atoms with Crippen molar-refractivity contribution >= 4 is 16.7 Å². The van der Waals surface area contributed by atoms with Crippen LogP contribution in [0, 0.1) is 0 Å². The van der Waals surface area contributed by atoms with Crippen LogP contribution in [-0.4, -0.2) is 10.9 Å². The molecule has 0 spiro atoms. The molecule has 3 aromatic carbocycles. The standard InChI is InChI=1S/C26H23N3O2/c27-25(21-11-9-16-5-1-2-6-18(16)21)22-12-13-23(20-8-4-3-7-19(20)22)31-24-14-10-17(15-29-24)26(28)30/h1-8,10,12-15,21,25H,9,11,27H2,(H2,28,30)/t21-,25?/m0/s1. The van der Waals surface area contributed by atoms with Crippen LogP contribution < -0.4 is 16.2 Å². The molecule has 0 saturated heterocycles. The third kappa shape index (κ3) is 3.53. The minimum absolute atomic E-state index is 0.101. The van der Waals surface area contributed by atoms with Crippen LogP contribution >= 0.6 is 0 Å². The maximum Gasteiger partial charge on any atom is 0.250 e. The summed E-state index contributed by atoms with van der Waals surface area (Å²) in [5.41, 5.74) is 16.3. The molecule has 0 aliphatic heterocycles. The lowest BCUT2D eigenvalue weighted by molar-refractivity contribution is 0.1000. The van der Waals surface area contributed by atoms with Crippen molar-refractivity contribution in [3.63, 3.8) is 0 Å². The Labute approximate surface area is 180 Å². The van der Waals surface area contributed by atoms with Crippen molar-refractivity contribution in [2.75, 3.05) is 0 Å². The van der Waals surface area contributed by atoms with Gasteiger partial charge < -0.3 is 16.2 Å². The summed E-state index contributed by atoms with van der Waals surface area (Å²) < 4.78 is 6.04. The molecular weight excluding hydrogens is 386 g/mol. The Morgan fingerprint density at radius 3 is 2.52 bits per heavy atom. The van der Waals surface area contributed by atoms with E-state index >= 15 is 0 Å². The molecule has 5 nitrogen and oxygen atoms in total. The zero-order chi connectivity index (χ0) is 21.4. The third-order valence-corrected chi connectivity index (χ3v) is 6.13. The molecule has 1 aromatic heterocycles. The van der Waals surface area contributed by atoms with Crippen LogP contribution in [0.1, 0.15) is 45.4 Å². The van der Waals surface area contributed by atoms with Gasteiger partial charge in [0.2, 0.25) is 11.8 Å². The summed E-state index contributed by atoms with van der Waals surface area (Å²) in [6, 6.07) is 23.9. The average molecular weight is 409 g/mol. The molecule has 0 bridgehead atoms. The first-order valence-electron chi connectivity index (χ1n) is 10.4. The van der Waals surface area contributed by atoms with Crippen LogP contribution in [0.5, 0.6) is 11.6 Å². The maximum atomic E-state index is 11.3. The number of benzene rings is 3. The van der Waals surface area contributed by atoms with E-state index in [2.05, 4.69) is 41.4 Å². The van der Waals surface area contributed by atoms with Crippen LogP contribution in [0.2, 0.25) is 0 Å². The van der Waals surface area contributed by atoms with Gasteiger partial charge in [-0.05, 0) is 47.1 Å². The first-order chi connectivity index (χ1) is 15.1. The van der Waals surface area contributed by atoms with Crippen molar-refractivity contribution in [3.8, 4) is 11.6 Å². The highest BCUT2D eigenvalue weighted by molar-refractivity contribution is 5.93. The highest BCUT2D eigenvalue weighted by Gasteiger charge is 2.29. The Morgan fingerprint density at radius 2 is 1.74 bits per heavy atom. The van der Waals surface area contributed by atoms with Gasteiger partial charge in [0.05, 0.1) is 5.56 Å². The molecule has 1 unspecified atom stereocenters. The highest BCUT2D eigenvalue weighted by Crippen LogP contribution is 2.43. The SMILES string of the molecule is NC(=O)c1ccc(Oc2ccc(C(N)[C@H]3CCc4ccccc43)c3ccccc23)nc1. The second kappa shape index (κ2) is 7.85. The Bertz CT molecular complexity index is 1270. The van der Waals surface area contributed by atoms with E-state index in [1.165, 1.54) is 17.3 Å². The van der Waals surface area contributed by atoms with Crippen molar-refractivity contribution < 1.29 is 9.53 Å². The minimum atomic E-state index is -0.517. The molecule has 2 atom stereocenters. The maximum absolute atomic E-state index is 11.3. The fourth-order valence-electron chi connectivity index (χ4n) is 4.55. The molecule has 5 rings (SSSR count). The number of pyridine rings is 1. The van der Waals surface area contributed by atoms with Gasteiger partial charge in [0, 0.05) is 29.6 Å². The lowest BCUT2D eigenvalue weighted by atomic mass is 9.86. The number of aromatic nitrogens is 1. The summed E-state index contributed by atoms with van der Waals surface area (Å²) >= 11 is 0. The van der Waals surface area contributed by atoms with Gasteiger partial charge in [-0.15, -0.1) is 0 Å². The van der Waals surface area contributed by atoms with Gasteiger partial charge >= 0.3 is 0 Å². The molecule has 154 valence electrons. The smallest absolute Gasteiger partial charge is 0.250 e. The second-order valence-corrected chi connectivity index (χ2v) is 7.92. The zero-order valence-corrected chi connectivity index (χ0v) is 17.0. The molecule has 1 aliphatic carbocycles. The number of carbonyl (C=O) groups is 1. The number of primary amides is 1. The fraction of sp³-hybridized carbons (Fsp3) is 0.154. The van der Waals surface area contributed by atoms with E-state index in [-0.39, 0.29) is 6.04 Å². The topological polar surface area (TPSA) is 91.2 Å². The fourth-order valence-corrected chi connectivity index (χ4v) is 4.55. The van der Waals surface area contributed by atoms with Crippen molar-refractivity contribution in [1.29, 1.82) is 0 Å². The summed E-state index contributed by atoms with van der Waals surface area (Å²) in [6.45, 7) is 0. The molecule has 0 radical (unpaired) electrons. The molecule has 0 fully saturated rings. The van der Waals surface area contributed by atoms with Gasteiger partial charge in [-0.2, -0.15) is 0 Å². The Morgan fingerprint density at radius 1 is 0.968 bits per heavy atom. The van der Waals surface area contributed by atoms with E-state index in [1.54, 1.807) is 12.1 Å². The Balaban J connectivity index is 1.50. The zero-order valence-electron chi connectivity index (χ0n) is 17.0. The Kier molecular flexibility index (Phi) is 4.88. The second-order valence-electron chi connectivity index (χ2n) is 7.92. The van der Waals surface area contributed by atoms with Crippen LogP contribution in [0.3, 0.4) is 0 Å². The molecule has 4 aromatic rings. The van der Waals surface area contributed by atoms with Crippen LogP contribution in [0.25, 0.3) is 10.8 Å². The first-order valence-corrected chi connectivity index (χ1v) is 10.4. The quantitative estimate of drug-likeness (QED) is 0.493. The van der Waals surface area contributed by atoms with Gasteiger partial charge in [0.25, 0.3) is 0 Å². The van der Waals surface area contributed by atoms with Gasteiger partial charge in [-0.25, -0.2) is 4.98 Å². The molecule has 31 heavy (non-hydrogen) atoms. The number of amides is 1. The number of aryl methyl sites for hydroxylation is 1. The van der Waals surface area contributed by atoms with Crippen molar-refractivity contribution in [3.05, 3.63) is 101 Å². The highest BCUT2D eigenvalue weighted by atomic mass is 16.5. The summed E-state index contributed by atoms with van der Waals surface area (Å²) in [5, 5.41) is 2.05. The number of nitrogens with zero attached hydrogens (tertiary/aromatic N) is 1. The predicted octanol–water partition coefficient (Wildman–Crippen LogP) is 4.86. The molecular formula is C26H23N3O2. The van der Waals surface area contributed by atoms with E-state index in [0.717, 1.165) is 29.2 Å². The number of ether oxygens (including phenoxy) is 1. The summed E-state index contributed by atoms with van der Waals surface area (Å²) in [4.78, 5) is 15.5. The lowest BCUT2D eigenvalue weighted by Gasteiger charge is -2.23. The number of rotatable bonds is 5. The molecule has 1 heterocycles. The summed E-state index contributed by atoms with van der Waals surface area (Å²) in [6.07, 6.45) is 3.55. The molecule has 5 heteroatoms. The number of carbonyl (C=O) groups excluding carboxylic acids is 1. The summed E-state index contributed by atoms with van der Waals surface area (Å²) in [5.74, 6) is 0.875. The van der Waals surface area contributed by atoms with Crippen molar-refractivity contribution in [1.82, 2.24) is 4.98 Å². The molecule has 4 N–H and O–H groups in total. The van der Waals surface area contributed by atoms with Crippen LogP contribution in [-0.2, 0) is 6.42 Å². The summed E-state index contributed by atoms with van der Waals surface area (Å²) in [7, 11) is 0. The number of fused-ring (bicyclic) bond motifs is 2. The normalized spacial score (nSPS) is 16.1. The van der Waals surface area contributed by atoms with Gasteiger partial charge in [0.1, 0.15) is 5.75 Å². The predicted molar refractivity (Wildman–Crippen MR) is 121 cm³/mol. The molecule has 0 saturated carbocycles. The largest absolute Gasteiger partial charge is 0.438 e. The average Bonchev–Trinajstić information content (AvgIpc) is 3.23. The molecule has 1 amide bonds. The van der Waals surface area contributed by atoms with Gasteiger partial charge in [0.15, 0.2) is 0 Å². The monoisotopic (exact) mass is 409 g/mol. The van der Waals surface area contributed by atoms with Crippen molar-refractivity contribution in [2.45, 2.75) is 24.8 Å². The minimum Gasteiger partial charge on any atom is -0.438 e. The number of nitrogens with two attached hydrogens (primary N) is 2. The number of hydrogen-bond acceptors (Lipinski definition) is 4. The van der Waals surface area contributed by atoms with Gasteiger partial charge in [-0.3, -0.25) is 4.79 Å². The van der Waals surface area contributed by atoms with Crippen LogP contribution in [0.4, 0.5) is 0 Å². The van der Waals surface area contributed by atoms with E-state index < -0.39 is 5.91 Å². The Hall–Kier alpha value is -3.70. The van der Waals surface area contributed by atoms with Gasteiger partial charge in [-0.1, -0.05) is 54.6 Å². The van der Waals surface area contributed by atoms with E-state index in [4.69, 9.17) is 16.2 Å². The van der Waals surface area contributed by atoms with Crippen molar-refractivity contribution in [2.24, 2.45) is 11.5 Å². The lowest BCUT2D eigenvalue weighted by Crippen LogP contribution is -2.18. The van der Waals surface area contributed by atoms with Crippen LogP contribution in [0.15, 0.2) is 79.0 Å².